The molecule has 1 atom stereocenters. The standard InChI is InChI=1S/C13H18N4O2S/c1-7-12(20-8(2)16-7)10(14-3)11-13(19-5)17-9(18-4)6-15-11/h6,10,14H,1-5H3. The van der Waals surface area contributed by atoms with Gasteiger partial charge in [-0.25, -0.2) is 9.97 Å². The molecule has 0 spiro atoms. The molecule has 2 aromatic heterocycles. The van der Waals surface area contributed by atoms with Crippen molar-refractivity contribution in [2.45, 2.75) is 19.9 Å². The van der Waals surface area contributed by atoms with Crippen LogP contribution in [0.2, 0.25) is 0 Å². The maximum absolute atomic E-state index is 5.33. The summed E-state index contributed by atoms with van der Waals surface area (Å²) in [5.74, 6) is 0.881. The Balaban J connectivity index is 2.49. The number of hydrogen-bond donors (Lipinski definition) is 1. The topological polar surface area (TPSA) is 69.2 Å². The van der Waals surface area contributed by atoms with Crippen LogP contribution in [0.25, 0.3) is 0 Å². The molecule has 108 valence electrons. The first kappa shape index (κ1) is 14.7. The molecule has 6 nitrogen and oxygen atoms in total. The Labute approximate surface area is 122 Å². The first-order chi connectivity index (χ1) is 9.60. The summed E-state index contributed by atoms with van der Waals surface area (Å²) >= 11 is 1.64. The Morgan fingerprint density at radius 1 is 1.20 bits per heavy atom. The van der Waals surface area contributed by atoms with E-state index in [0.717, 1.165) is 21.3 Å². The number of aromatic nitrogens is 3. The van der Waals surface area contributed by atoms with Crippen molar-refractivity contribution in [2.75, 3.05) is 21.3 Å². The van der Waals surface area contributed by atoms with E-state index in [0.29, 0.717) is 11.8 Å². The minimum Gasteiger partial charge on any atom is -0.480 e. The maximum Gasteiger partial charge on any atom is 0.240 e. The quantitative estimate of drug-likeness (QED) is 0.908. The zero-order chi connectivity index (χ0) is 14.7. The van der Waals surface area contributed by atoms with E-state index in [1.54, 1.807) is 31.8 Å². The first-order valence-electron chi connectivity index (χ1n) is 6.16. The smallest absolute Gasteiger partial charge is 0.240 e. The summed E-state index contributed by atoms with van der Waals surface area (Å²) in [5.41, 5.74) is 1.72. The van der Waals surface area contributed by atoms with E-state index in [4.69, 9.17) is 9.47 Å². The van der Waals surface area contributed by atoms with Gasteiger partial charge in [-0.15, -0.1) is 11.3 Å². The third-order valence-electron chi connectivity index (χ3n) is 2.91. The number of rotatable bonds is 5. The summed E-state index contributed by atoms with van der Waals surface area (Å²) in [6, 6.07) is -0.102. The van der Waals surface area contributed by atoms with E-state index >= 15 is 0 Å². The molecule has 0 aromatic carbocycles. The van der Waals surface area contributed by atoms with E-state index in [-0.39, 0.29) is 6.04 Å². The number of nitrogens with zero attached hydrogens (tertiary/aromatic N) is 3. The van der Waals surface area contributed by atoms with E-state index in [9.17, 15) is 0 Å². The van der Waals surface area contributed by atoms with Crippen molar-refractivity contribution in [2.24, 2.45) is 0 Å². The second-order valence-electron chi connectivity index (χ2n) is 4.21. The van der Waals surface area contributed by atoms with Crippen LogP contribution in [0, 0.1) is 13.8 Å². The van der Waals surface area contributed by atoms with Crippen LogP contribution < -0.4 is 14.8 Å². The summed E-state index contributed by atoms with van der Waals surface area (Å²) in [5, 5.41) is 4.27. The SMILES string of the molecule is CNC(c1ncc(OC)nc1OC)c1sc(C)nc1C. The van der Waals surface area contributed by atoms with Crippen molar-refractivity contribution in [1.82, 2.24) is 20.3 Å². The highest BCUT2D eigenvalue weighted by Gasteiger charge is 2.24. The number of thiazole rings is 1. The van der Waals surface area contributed by atoms with Crippen molar-refractivity contribution in [3.05, 3.63) is 27.5 Å². The van der Waals surface area contributed by atoms with Gasteiger partial charge in [-0.3, -0.25) is 0 Å². The highest BCUT2D eigenvalue weighted by molar-refractivity contribution is 7.11. The Morgan fingerprint density at radius 2 is 1.95 bits per heavy atom. The molecule has 0 aliphatic rings. The fourth-order valence-corrected chi connectivity index (χ4v) is 3.06. The van der Waals surface area contributed by atoms with Gasteiger partial charge in [-0.05, 0) is 20.9 Å². The molecule has 20 heavy (non-hydrogen) atoms. The molecule has 1 unspecified atom stereocenters. The molecular weight excluding hydrogens is 276 g/mol. The zero-order valence-corrected chi connectivity index (χ0v) is 13.0. The fraction of sp³-hybridized carbons (Fsp3) is 0.462. The molecule has 0 aliphatic heterocycles. The van der Waals surface area contributed by atoms with Gasteiger partial charge in [0.1, 0.15) is 5.69 Å². The van der Waals surface area contributed by atoms with Gasteiger partial charge in [0.25, 0.3) is 0 Å². The molecule has 0 fully saturated rings. The molecule has 0 saturated heterocycles. The van der Waals surface area contributed by atoms with E-state index in [2.05, 4.69) is 20.3 Å². The molecule has 2 rings (SSSR count). The van der Waals surface area contributed by atoms with E-state index < -0.39 is 0 Å². The lowest BCUT2D eigenvalue weighted by molar-refractivity contribution is 0.353. The summed E-state index contributed by atoms with van der Waals surface area (Å²) in [6.07, 6.45) is 1.59. The number of aryl methyl sites for hydroxylation is 2. The molecule has 0 amide bonds. The van der Waals surface area contributed by atoms with Crippen molar-refractivity contribution >= 4 is 11.3 Å². The summed E-state index contributed by atoms with van der Waals surface area (Å²) in [4.78, 5) is 14.3. The van der Waals surface area contributed by atoms with Gasteiger partial charge in [-0.2, -0.15) is 4.98 Å². The maximum atomic E-state index is 5.33. The largest absolute Gasteiger partial charge is 0.480 e. The Morgan fingerprint density at radius 3 is 2.45 bits per heavy atom. The normalized spacial score (nSPS) is 12.2. The Kier molecular flexibility index (Phi) is 4.51. The van der Waals surface area contributed by atoms with Crippen molar-refractivity contribution < 1.29 is 9.47 Å². The lowest BCUT2D eigenvalue weighted by Gasteiger charge is -2.17. The predicted molar refractivity (Wildman–Crippen MR) is 77.6 cm³/mol. The summed E-state index contributed by atoms with van der Waals surface area (Å²) in [7, 11) is 5.00. The lowest BCUT2D eigenvalue weighted by atomic mass is 10.1. The van der Waals surface area contributed by atoms with Crippen LogP contribution in [0.15, 0.2) is 6.20 Å². The Hall–Kier alpha value is -1.73. The summed E-state index contributed by atoms with van der Waals surface area (Å²) in [6.45, 7) is 3.98. The third-order valence-corrected chi connectivity index (χ3v) is 4.05. The van der Waals surface area contributed by atoms with Crippen molar-refractivity contribution in [1.29, 1.82) is 0 Å². The van der Waals surface area contributed by atoms with Gasteiger partial charge in [0.05, 0.1) is 42.0 Å². The minimum absolute atomic E-state index is 0.102. The van der Waals surface area contributed by atoms with Crippen molar-refractivity contribution in [3.8, 4) is 11.8 Å². The van der Waals surface area contributed by atoms with Gasteiger partial charge < -0.3 is 14.8 Å². The molecule has 0 radical (unpaired) electrons. The fourth-order valence-electron chi connectivity index (χ4n) is 2.02. The molecule has 7 heteroatoms. The van der Waals surface area contributed by atoms with Crippen LogP contribution in [0.3, 0.4) is 0 Å². The van der Waals surface area contributed by atoms with Crippen LogP contribution in [0.1, 0.15) is 27.3 Å². The van der Waals surface area contributed by atoms with E-state index in [1.807, 2.05) is 20.9 Å². The number of hydrogen-bond acceptors (Lipinski definition) is 7. The molecule has 0 bridgehead atoms. The monoisotopic (exact) mass is 294 g/mol. The first-order valence-corrected chi connectivity index (χ1v) is 6.98. The number of nitrogens with one attached hydrogen (secondary N) is 1. The molecule has 2 aromatic rings. The molecule has 1 N–H and O–H groups in total. The second kappa shape index (κ2) is 6.15. The average molecular weight is 294 g/mol. The summed E-state index contributed by atoms with van der Waals surface area (Å²) < 4.78 is 10.4. The van der Waals surface area contributed by atoms with Crippen LogP contribution in [-0.4, -0.2) is 36.2 Å². The number of methoxy groups -OCH3 is 2. The van der Waals surface area contributed by atoms with Gasteiger partial charge in [-0.1, -0.05) is 0 Å². The molecular formula is C13H18N4O2S. The van der Waals surface area contributed by atoms with E-state index in [1.165, 1.54) is 0 Å². The van der Waals surface area contributed by atoms with Crippen molar-refractivity contribution in [3.63, 3.8) is 0 Å². The van der Waals surface area contributed by atoms with Gasteiger partial charge >= 0.3 is 0 Å². The van der Waals surface area contributed by atoms with Gasteiger partial charge in [0.15, 0.2) is 0 Å². The molecule has 0 aliphatic carbocycles. The third kappa shape index (κ3) is 2.73. The molecule has 2 heterocycles. The number of ether oxygens (including phenoxy) is 2. The molecule has 0 saturated carbocycles. The predicted octanol–water partition coefficient (Wildman–Crippen LogP) is 1.88. The van der Waals surface area contributed by atoms with Gasteiger partial charge in [0.2, 0.25) is 11.8 Å². The average Bonchev–Trinajstić information content (AvgIpc) is 2.79. The van der Waals surface area contributed by atoms with Crippen LogP contribution in [0.4, 0.5) is 0 Å². The van der Waals surface area contributed by atoms with Gasteiger partial charge in [0, 0.05) is 0 Å². The van der Waals surface area contributed by atoms with Crippen LogP contribution >= 0.6 is 11.3 Å². The van der Waals surface area contributed by atoms with Crippen LogP contribution in [0.5, 0.6) is 11.8 Å². The minimum atomic E-state index is -0.102. The highest BCUT2D eigenvalue weighted by Crippen LogP contribution is 2.33. The van der Waals surface area contributed by atoms with Crippen LogP contribution in [-0.2, 0) is 0 Å². The highest BCUT2D eigenvalue weighted by atomic mass is 32.1. The second-order valence-corrected chi connectivity index (χ2v) is 5.45. The Bertz CT molecular complexity index is 600. The zero-order valence-electron chi connectivity index (χ0n) is 12.2. The lowest BCUT2D eigenvalue weighted by Crippen LogP contribution is -2.20.